The van der Waals surface area contributed by atoms with E-state index in [1.807, 2.05) is 6.07 Å². The molecule has 0 amide bonds. The largest absolute Gasteiger partial charge is 0.481 e. The second kappa shape index (κ2) is 5.46. The fourth-order valence-corrected chi connectivity index (χ4v) is 3.00. The van der Waals surface area contributed by atoms with Crippen LogP contribution in [0.15, 0.2) is 11.4 Å². The SMILES string of the molecule is O=C(O)Cc1cc(CN2CCCCC2)cs1. The zero-order chi connectivity index (χ0) is 11.4. The molecular formula is C12H17NO2S. The first-order valence-electron chi connectivity index (χ1n) is 5.74. The molecule has 1 saturated heterocycles. The number of carboxylic acid groups (broad SMARTS) is 1. The molecule has 88 valence electrons. The second-order valence-corrected chi connectivity index (χ2v) is 5.32. The third-order valence-corrected chi connectivity index (χ3v) is 3.87. The van der Waals surface area contributed by atoms with Crippen LogP contribution in [0.4, 0.5) is 0 Å². The third kappa shape index (κ3) is 3.32. The maximum atomic E-state index is 10.6. The van der Waals surface area contributed by atoms with Crippen molar-refractivity contribution in [2.24, 2.45) is 0 Å². The minimum absolute atomic E-state index is 0.157. The predicted octanol–water partition coefficient (Wildman–Crippen LogP) is 2.36. The van der Waals surface area contributed by atoms with Crippen LogP contribution in [0.2, 0.25) is 0 Å². The first-order valence-corrected chi connectivity index (χ1v) is 6.62. The molecule has 0 spiro atoms. The van der Waals surface area contributed by atoms with Crippen LogP contribution in [0, 0.1) is 0 Å². The van der Waals surface area contributed by atoms with Crippen LogP contribution in [0.25, 0.3) is 0 Å². The Bertz CT molecular complexity index is 356. The van der Waals surface area contributed by atoms with Gasteiger partial charge in [0.2, 0.25) is 0 Å². The number of carbonyl (C=O) groups is 1. The second-order valence-electron chi connectivity index (χ2n) is 4.33. The van der Waals surface area contributed by atoms with Crippen LogP contribution in [-0.2, 0) is 17.8 Å². The van der Waals surface area contributed by atoms with Gasteiger partial charge in [0.25, 0.3) is 0 Å². The summed E-state index contributed by atoms with van der Waals surface area (Å²) in [4.78, 5) is 14.0. The van der Waals surface area contributed by atoms with Gasteiger partial charge < -0.3 is 5.11 Å². The molecule has 0 unspecified atom stereocenters. The van der Waals surface area contributed by atoms with Gasteiger partial charge in [-0.05, 0) is 42.9 Å². The van der Waals surface area contributed by atoms with Gasteiger partial charge in [-0.25, -0.2) is 0 Å². The summed E-state index contributed by atoms with van der Waals surface area (Å²) in [5.74, 6) is -0.744. The van der Waals surface area contributed by atoms with Crippen LogP contribution in [-0.4, -0.2) is 29.1 Å². The predicted molar refractivity (Wildman–Crippen MR) is 64.8 cm³/mol. The lowest BCUT2D eigenvalue weighted by Gasteiger charge is -2.25. The quantitative estimate of drug-likeness (QED) is 0.877. The van der Waals surface area contributed by atoms with E-state index in [-0.39, 0.29) is 6.42 Å². The summed E-state index contributed by atoms with van der Waals surface area (Å²) < 4.78 is 0. The Morgan fingerprint density at radius 2 is 2.12 bits per heavy atom. The summed E-state index contributed by atoms with van der Waals surface area (Å²) in [7, 11) is 0. The van der Waals surface area contributed by atoms with Crippen molar-refractivity contribution in [2.75, 3.05) is 13.1 Å². The van der Waals surface area contributed by atoms with Crippen molar-refractivity contribution in [2.45, 2.75) is 32.2 Å². The molecule has 4 heteroatoms. The van der Waals surface area contributed by atoms with Crippen LogP contribution in [0.3, 0.4) is 0 Å². The Labute approximate surface area is 99.7 Å². The van der Waals surface area contributed by atoms with Gasteiger partial charge in [0.05, 0.1) is 6.42 Å². The average molecular weight is 239 g/mol. The smallest absolute Gasteiger partial charge is 0.308 e. The van der Waals surface area contributed by atoms with Crippen LogP contribution >= 0.6 is 11.3 Å². The molecule has 0 aliphatic carbocycles. The summed E-state index contributed by atoms with van der Waals surface area (Å²) >= 11 is 1.56. The molecule has 3 nitrogen and oxygen atoms in total. The van der Waals surface area contributed by atoms with Gasteiger partial charge in [0.1, 0.15) is 0 Å². The highest BCUT2D eigenvalue weighted by Crippen LogP contribution is 2.19. The standard InChI is InChI=1S/C12H17NO2S/c14-12(15)7-11-6-10(9-16-11)8-13-4-2-1-3-5-13/h6,9H,1-5,7-8H2,(H,14,15). The molecule has 0 bridgehead atoms. The minimum Gasteiger partial charge on any atom is -0.481 e. The molecule has 1 aliphatic heterocycles. The molecule has 1 fully saturated rings. The Kier molecular flexibility index (Phi) is 3.96. The van der Waals surface area contributed by atoms with E-state index in [2.05, 4.69) is 10.3 Å². The average Bonchev–Trinajstić information content (AvgIpc) is 2.66. The molecule has 0 atom stereocenters. The van der Waals surface area contributed by atoms with Gasteiger partial charge in [-0.2, -0.15) is 0 Å². The van der Waals surface area contributed by atoms with Crippen molar-refractivity contribution < 1.29 is 9.90 Å². The lowest BCUT2D eigenvalue weighted by molar-refractivity contribution is -0.136. The Balaban J connectivity index is 1.88. The van der Waals surface area contributed by atoms with Crippen molar-refractivity contribution in [1.82, 2.24) is 4.90 Å². The number of hydrogen-bond acceptors (Lipinski definition) is 3. The minimum atomic E-state index is -0.744. The number of aliphatic carboxylic acids is 1. The first-order chi connectivity index (χ1) is 7.74. The van der Waals surface area contributed by atoms with E-state index in [0.717, 1.165) is 11.4 Å². The molecule has 1 aromatic rings. The summed E-state index contributed by atoms with van der Waals surface area (Å²) in [6.45, 7) is 3.35. The van der Waals surface area contributed by atoms with Crippen LogP contribution in [0.5, 0.6) is 0 Å². The number of carboxylic acids is 1. The van der Waals surface area contributed by atoms with Gasteiger partial charge in [-0.1, -0.05) is 6.42 Å². The van der Waals surface area contributed by atoms with Gasteiger partial charge in [0, 0.05) is 11.4 Å². The number of rotatable bonds is 4. The fraction of sp³-hybridized carbons (Fsp3) is 0.583. The lowest BCUT2D eigenvalue weighted by Crippen LogP contribution is -2.28. The van der Waals surface area contributed by atoms with Gasteiger partial charge in [0.15, 0.2) is 0 Å². The zero-order valence-electron chi connectivity index (χ0n) is 9.32. The third-order valence-electron chi connectivity index (χ3n) is 2.89. The molecule has 1 aromatic heterocycles. The summed E-state index contributed by atoms with van der Waals surface area (Å²) in [6.07, 6.45) is 4.10. The summed E-state index contributed by atoms with van der Waals surface area (Å²) in [5, 5.41) is 10.8. The molecule has 0 radical (unpaired) electrons. The molecule has 2 rings (SSSR count). The van der Waals surface area contributed by atoms with Crippen molar-refractivity contribution in [3.8, 4) is 0 Å². The molecular weight excluding hydrogens is 222 g/mol. The lowest BCUT2D eigenvalue weighted by atomic mass is 10.1. The van der Waals surface area contributed by atoms with Gasteiger partial charge >= 0.3 is 5.97 Å². The van der Waals surface area contributed by atoms with Gasteiger partial charge in [-0.15, -0.1) is 11.3 Å². The van der Waals surface area contributed by atoms with E-state index >= 15 is 0 Å². The van der Waals surface area contributed by atoms with Crippen LogP contribution < -0.4 is 0 Å². The van der Waals surface area contributed by atoms with Crippen molar-refractivity contribution >= 4 is 17.3 Å². The number of piperidine rings is 1. The summed E-state index contributed by atoms with van der Waals surface area (Å²) in [6, 6.07) is 2.04. The van der Waals surface area contributed by atoms with E-state index in [0.29, 0.717) is 0 Å². The molecule has 0 saturated carbocycles. The highest BCUT2D eigenvalue weighted by Gasteiger charge is 2.11. The van der Waals surface area contributed by atoms with Crippen molar-refractivity contribution in [1.29, 1.82) is 0 Å². The van der Waals surface area contributed by atoms with E-state index < -0.39 is 5.97 Å². The number of nitrogens with zero attached hydrogens (tertiary/aromatic N) is 1. The highest BCUT2D eigenvalue weighted by molar-refractivity contribution is 7.10. The Hall–Kier alpha value is -0.870. The Morgan fingerprint density at radius 1 is 1.38 bits per heavy atom. The normalized spacial score (nSPS) is 17.5. The fourth-order valence-electron chi connectivity index (χ4n) is 2.13. The Morgan fingerprint density at radius 3 is 2.81 bits per heavy atom. The number of thiophene rings is 1. The molecule has 2 heterocycles. The number of hydrogen-bond donors (Lipinski definition) is 1. The topological polar surface area (TPSA) is 40.5 Å². The van der Waals surface area contributed by atoms with E-state index in [9.17, 15) is 4.79 Å². The van der Waals surface area contributed by atoms with E-state index in [1.165, 1.54) is 37.9 Å². The van der Waals surface area contributed by atoms with Gasteiger partial charge in [-0.3, -0.25) is 9.69 Å². The summed E-state index contributed by atoms with van der Waals surface area (Å²) in [5.41, 5.74) is 1.27. The molecule has 1 N–H and O–H groups in total. The maximum absolute atomic E-state index is 10.6. The van der Waals surface area contributed by atoms with E-state index in [4.69, 9.17) is 5.11 Å². The molecule has 16 heavy (non-hydrogen) atoms. The van der Waals surface area contributed by atoms with Crippen molar-refractivity contribution in [3.05, 3.63) is 21.9 Å². The van der Waals surface area contributed by atoms with Crippen molar-refractivity contribution in [3.63, 3.8) is 0 Å². The van der Waals surface area contributed by atoms with E-state index in [1.54, 1.807) is 11.3 Å². The first kappa shape index (κ1) is 11.6. The monoisotopic (exact) mass is 239 g/mol. The molecule has 0 aromatic carbocycles. The highest BCUT2D eigenvalue weighted by atomic mass is 32.1. The number of likely N-dealkylation sites (tertiary alicyclic amines) is 1. The maximum Gasteiger partial charge on any atom is 0.308 e. The molecule has 1 aliphatic rings. The van der Waals surface area contributed by atoms with Crippen LogP contribution in [0.1, 0.15) is 29.7 Å². The zero-order valence-corrected chi connectivity index (χ0v) is 10.1.